The monoisotopic (exact) mass is 449 g/mol. The van der Waals surface area contributed by atoms with E-state index in [0.717, 1.165) is 16.7 Å². The van der Waals surface area contributed by atoms with Crippen molar-refractivity contribution < 1.29 is 18.5 Å². The Balaban J connectivity index is 0.000000193. The van der Waals surface area contributed by atoms with Crippen LogP contribution in [0.15, 0.2) is 96.0 Å². The normalized spacial score (nSPS) is 15.8. The molecular weight excluding hydrogens is 426 g/mol. The standard InChI is InChI=1S/C15H15NO2S.C9H8N2O2/c16-14(17)11-19(18)15(12-7-3-1-4-8-12)13-9-5-2-6-10-13;10-9-11-8(12)7(13-9)6-4-2-1-3-5-6/h1-10,15H,11H2,(H2,16,17);1-5,7H,(H2,10,11,12). The molecule has 7 nitrogen and oxygen atoms in total. The van der Waals surface area contributed by atoms with E-state index in [1.807, 2.05) is 78.9 Å². The van der Waals surface area contributed by atoms with Crippen molar-refractivity contribution in [3.8, 4) is 0 Å². The third-order valence-corrected chi connectivity index (χ3v) is 6.18. The molecule has 2 unspecified atom stereocenters. The maximum absolute atomic E-state index is 12.4. The average molecular weight is 450 g/mol. The van der Waals surface area contributed by atoms with Crippen LogP contribution in [0.3, 0.4) is 0 Å². The zero-order valence-corrected chi connectivity index (χ0v) is 18.0. The van der Waals surface area contributed by atoms with Crippen LogP contribution in [0.2, 0.25) is 0 Å². The van der Waals surface area contributed by atoms with Crippen molar-refractivity contribution in [2.24, 2.45) is 16.5 Å². The van der Waals surface area contributed by atoms with Gasteiger partial charge in [-0.3, -0.25) is 13.8 Å². The lowest BCUT2D eigenvalue weighted by molar-refractivity contribution is -0.122. The third-order valence-electron chi connectivity index (χ3n) is 4.54. The van der Waals surface area contributed by atoms with Gasteiger partial charge in [-0.1, -0.05) is 91.0 Å². The van der Waals surface area contributed by atoms with Crippen LogP contribution in [0.5, 0.6) is 0 Å². The Kier molecular flexibility index (Phi) is 7.88. The van der Waals surface area contributed by atoms with E-state index in [4.69, 9.17) is 16.2 Å². The highest BCUT2D eigenvalue weighted by Gasteiger charge is 2.28. The van der Waals surface area contributed by atoms with Crippen molar-refractivity contribution in [3.05, 3.63) is 108 Å². The number of hydrogen-bond donors (Lipinski definition) is 2. The van der Waals surface area contributed by atoms with Gasteiger partial charge >= 0.3 is 0 Å². The van der Waals surface area contributed by atoms with Crippen LogP contribution in [-0.2, 0) is 25.1 Å². The molecule has 3 aromatic rings. The number of hydrogen-bond acceptors (Lipinski definition) is 5. The molecule has 164 valence electrons. The molecule has 0 aliphatic carbocycles. The molecule has 8 heteroatoms. The molecule has 0 radical (unpaired) electrons. The minimum atomic E-state index is -1.36. The van der Waals surface area contributed by atoms with Crippen molar-refractivity contribution in [2.75, 3.05) is 5.75 Å². The molecule has 3 aromatic carbocycles. The van der Waals surface area contributed by atoms with Gasteiger partial charge in [0.15, 0.2) is 0 Å². The molecule has 2 amide bonds. The number of amidine groups is 1. The van der Waals surface area contributed by atoms with Crippen LogP contribution in [0, 0.1) is 0 Å². The second kappa shape index (κ2) is 11.0. The van der Waals surface area contributed by atoms with Gasteiger partial charge in [0.2, 0.25) is 12.0 Å². The second-order valence-electron chi connectivity index (χ2n) is 6.89. The van der Waals surface area contributed by atoms with E-state index in [2.05, 4.69) is 4.99 Å². The van der Waals surface area contributed by atoms with Crippen molar-refractivity contribution in [1.82, 2.24) is 0 Å². The summed E-state index contributed by atoms with van der Waals surface area (Å²) >= 11 is 0. The summed E-state index contributed by atoms with van der Waals surface area (Å²) in [5, 5.41) is -0.324. The predicted octanol–water partition coefficient (Wildman–Crippen LogP) is 2.61. The van der Waals surface area contributed by atoms with Crippen molar-refractivity contribution >= 4 is 28.6 Å². The van der Waals surface area contributed by atoms with Crippen molar-refractivity contribution in [1.29, 1.82) is 0 Å². The van der Waals surface area contributed by atoms with E-state index in [9.17, 15) is 13.8 Å². The van der Waals surface area contributed by atoms with E-state index in [1.54, 1.807) is 12.1 Å². The van der Waals surface area contributed by atoms with E-state index in [0.29, 0.717) is 0 Å². The summed E-state index contributed by atoms with van der Waals surface area (Å²) in [7, 11) is -1.36. The number of benzene rings is 3. The van der Waals surface area contributed by atoms with Gasteiger partial charge < -0.3 is 16.2 Å². The highest BCUT2D eigenvalue weighted by Crippen LogP contribution is 2.28. The fraction of sp³-hybridized carbons (Fsp3) is 0.125. The number of nitrogens with two attached hydrogens (primary N) is 2. The van der Waals surface area contributed by atoms with Gasteiger partial charge in [0, 0.05) is 16.4 Å². The first-order valence-electron chi connectivity index (χ1n) is 9.80. The molecule has 2 atom stereocenters. The number of nitrogens with zero attached hydrogens (tertiary/aromatic N) is 1. The van der Waals surface area contributed by atoms with Crippen LogP contribution in [0.25, 0.3) is 0 Å². The van der Waals surface area contributed by atoms with Crippen LogP contribution < -0.4 is 11.5 Å². The summed E-state index contributed by atoms with van der Waals surface area (Å²) in [5.74, 6) is -1.02. The summed E-state index contributed by atoms with van der Waals surface area (Å²) < 4.78 is 17.4. The molecule has 0 bridgehead atoms. The second-order valence-corrected chi connectivity index (χ2v) is 8.41. The summed E-state index contributed by atoms with van der Waals surface area (Å²) in [6.45, 7) is 0. The lowest BCUT2D eigenvalue weighted by atomic mass is 10.0. The number of carbonyl (C=O) groups excluding carboxylic acids is 2. The minimum absolute atomic E-state index is 0.0566. The number of primary amides is 1. The summed E-state index contributed by atoms with van der Waals surface area (Å²) in [5.41, 5.74) is 13.0. The Morgan fingerprint density at radius 2 is 1.38 bits per heavy atom. The molecule has 1 aliphatic rings. The van der Waals surface area contributed by atoms with Crippen molar-refractivity contribution in [3.63, 3.8) is 0 Å². The number of carbonyl (C=O) groups is 2. The zero-order chi connectivity index (χ0) is 22.9. The maximum Gasteiger partial charge on any atom is 0.296 e. The molecule has 1 heterocycles. The maximum atomic E-state index is 12.4. The van der Waals surface area contributed by atoms with Gasteiger partial charge in [-0.25, -0.2) is 0 Å². The van der Waals surface area contributed by atoms with Crippen LogP contribution in [-0.4, -0.2) is 27.8 Å². The fourth-order valence-corrected chi connectivity index (χ4v) is 4.55. The average Bonchev–Trinajstić information content (AvgIpc) is 3.14. The van der Waals surface area contributed by atoms with Gasteiger partial charge in [0.25, 0.3) is 11.9 Å². The summed E-state index contributed by atoms with van der Waals surface area (Å²) in [6, 6.07) is 28.1. The Labute approximate surface area is 188 Å². The molecule has 0 aromatic heterocycles. The molecule has 0 saturated heterocycles. The van der Waals surface area contributed by atoms with Crippen LogP contribution in [0.4, 0.5) is 0 Å². The first-order chi connectivity index (χ1) is 15.5. The smallest absolute Gasteiger partial charge is 0.296 e. The first-order valence-corrected chi connectivity index (χ1v) is 11.2. The minimum Gasteiger partial charge on any atom is -0.447 e. The molecule has 0 spiro atoms. The predicted molar refractivity (Wildman–Crippen MR) is 124 cm³/mol. The highest BCUT2D eigenvalue weighted by molar-refractivity contribution is 7.86. The number of aliphatic imine (C=N–C) groups is 1. The SMILES string of the molecule is NC(=O)CS(=O)C(c1ccccc1)c1ccccc1.NC1=NC(=O)C(c2ccccc2)O1. The van der Waals surface area contributed by atoms with E-state index < -0.39 is 22.8 Å². The first kappa shape index (κ1) is 22.9. The van der Waals surface area contributed by atoms with Crippen molar-refractivity contribution in [2.45, 2.75) is 11.4 Å². The highest BCUT2D eigenvalue weighted by atomic mass is 32.2. The lowest BCUT2D eigenvalue weighted by Gasteiger charge is -2.16. The molecule has 1 aliphatic heterocycles. The Morgan fingerprint density at radius 3 is 1.78 bits per heavy atom. The van der Waals surface area contributed by atoms with E-state index in [-0.39, 0.29) is 22.9 Å². The quantitative estimate of drug-likeness (QED) is 0.598. The molecule has 4 N–H and O–H groups in total. The zero-order valence-electron chi connectivity index (χ0n) is 17.2. The molecule has 0 saturated carbocycles. The lowest BCUT2D eigenvalue weighted by Crippen LogP contribution is -2.23. The largest absolute Gasteiger partial charge is 0.447 e. The van der Waals surface area contributed by atoms with Gasteiger partial charge in [-0.2, -0.15) is 4.99 Å². The van der Waals surface area contributed by atoms with Gasteiger partial charge in [-0.15, -0.1) is 0 Å². The van der Waals surface area contributed by atoms with E-state index in [1.165, 1.54) is 0 Å². The Bertz CT molecular complexity index is 1070. The van der Waals surface area contributed by atoms with Crippen LogP contribution in [0.1, 0.15) is 28.0 Å². The number of ether oxygens (including phenoxy) is 1. The third kappa shape index (κ3) is 6.12. The van der Waals surface area contributed by atoms with Gasteiger partial charge in [0.1, 0.15) is 5.75 Å². The Morgan fingerprint density at radius 1 is 0.906 bits per heavy atom. The molecule has 0 fully saturated rings. The summed E-state index contributed by atoms with van der Waals surface area (Å²) in [4.78, 5) is 25.7. The molecule has 4 rings (SSSR count). The number of amides is 2. The summed E-state index contributed by atoms with van der Waals surface area (Å²) in [6.07, 6.45) is -0.652. The molecular formula is C24H23N3O4S. The molecule has 32 heavy (non-hydrogen) atoms. The number of rotatable bonds is 6. The topological polar surface area (TPSA) is 125 Å². The Hall–Kier alpha value is -3.78. The van der Waals surface area contributed by atoms with E-state index >= 15 is 0 Å². The van der Waals surface area contributed by atoms with Gasteiger partial charge in [-0.05, 0) is 11.1 Å². The van der Waals surface area contributed by atoms with Crippen LogP contribution >= 0.6 is 0 Å². The fourth-order valence-electron chi connectivity index (χ4n) is 3.18. The van der Waals surface area contributed by atoms with Gasteiger partial charge in [0.05, 0.1) is 5.25 Å².